The van der Waals surface area contributed by atoms with Crippen molar-refractivity contribution in [3.8, 4) is 0 Å². The Morgan fingerprint density at radius 3 is 2.70 bits per heavy atom. The quantitative estimate of drug-likeness (QED) is 0.790. The lowest BCUT2D eigenvalue weighted by Gasteiger charge is -1.98. The normalized spacial score (nSPS) is 9.90. The van der Waals surface area contributed by atoms with Crippen LogP contribution in [-0.4, -0.2) is 4.98 Å². The summed E-state index contributed by atoms with van der Waals surface area (Å²) in [6.07, 6.45) is 1.73. The Morgan fingerprint density at radius 2 is 2.20 bits per heavy atom. The van der Waals surface area contributed by atoms with Gasteiger partial charge in [-0.15, -0.1) is 0 Å². The molecule has 54 valence electrons. The van der Waals surface area contributed by atoms with E-state index in [1.165, 1.54) is 0 Å². The van der Waals surface area contributed by atoms with Gasteiger partial charge in [0.25, 0.3) is 0 Å². The first-order chi connectivity index (χ1) is 4.74. The largest absolute Gasteiger partial charge is 0.326 e. The third-order valence-corrected chi connectivity index (χ3v) is 2.27. The van der Waals surface area contributed by atoms with Gasteiger partial charge < -0.3 is 5.73 Å². The molecule has 0 spiro atoms. The molecule has 0 bridgehead atoms. The van der Waals surface area contributed by atoms with E-state index < -0.39 is 0 Å². The van der Waals surface area contributed by atoms with Gasteiger partial charge in [0.15, 0.2) is 0 Å². The highest BCUT2D eigenvalue weighted by atomic mass is 79.9. The van der Waals surface area contributed by atoms with E-state index in [9.17, 15) is 0 Å². The second-order valence-electron chi connectivity index (χ2n) is 1.80. The van der Waals surface area contributed by atoms with Crippen LogP contribution in [0, 0.1) is 0 Å². The van der Waals surface area contributed by atoms with Gasteiger partial charge in [-0.1, -0.05) is 0 Å². The van der Waals surface area contributed by atoms with Gasteiger partial charge in [-0.3, -0.25) is 0 Å². The topological polar surface area (TPSA) is 38.9 Å². The lowest BCUT2D eigenvalue weighted by atomic mass is 10.3. The van der Waals surface area contributed by atoms with Gasteiger partial charge in [0.1, 0.15) is 4.60 Å². The van der Waals surface area contributed by atoms with Crippen LogP contribution in [0.1, 0.15) is 5.56 Å². The summed E-state index contributed by atoms with van der Waals surface area (Å²) in [6, 6.07) is 1.89. The van der Waals surface area contributed by atoms with Crippen LogP contribution >= 0.6 is 31.9 Å². The summed E-state index contributed by atoms with van der Waals surface area (Å²) in [6.45, 7) is 0.529. The van der Waals surface area contributed by atoms with Gasteiger partial charge in [-0.25, -0.2) is 4.98 Å². The fraction of sp³-hybridized carbons (Fsp3) is 0.167. The molecule has 2 nitrogen and oxygen atoms in total. The van der Waals surface area contributed by atoms with Gasteiger partial charge >= 0.3 is 0 Å². The van der Waals surface area contributed by atoms with Crippen molar-refractivity contribution >= 4 is 31.9 Å². The summed E-state index contributed by atoms with van der Waals surface area (Å²) >= 11 is 6.58. The summed E-state index contributed by atoms with van der Waals surface area (Å²) in [4.78, 5) is 4.00. The molecule has 1 aromatic heterocycles. The Labute approximate surface area is 76.1 Å². The molecule has 0 aromatic carbocycles. The van der Waals surface area contributed by atoms with E-state index in [4.69, 9.17) is 5.73 Å². The minimum atomic E-state index is 0.529. The Bertz CT molecular complexity index is 237. The van der Waals surface area contributed by atoms with Gasteiger partial charge in [0, 0.05) is 17.2 Å². The molecule has 1 rings (SSSR count). The number of hydrogen-bond acceptors (Lipinski definition) is 2. The van der Waals surface area contributed by atoms with E-state index in [0.29, 0.717) is 6.54 Å². The van der Waals surface area contributed by atoms with Crippen LogP contribution in [0.2, 0.25) is 0 Å². The minimum absolute atomic E-state index is 0.529. The first-order valence-corrected chi connectivity index (χ1v) is 4.32. The lowest BCUT2D eigenvalue weighted by molar-refractivity contribution is 1.04. The maximum atomic E-state index is 5.44. The predicted molar refractivity (Wildman–Crippen MR) is 47.5 cm³/mol. The van der Waals surface area contributed by atoms with E-state index in [2.05, 4.69) is 36.8 Å². The molecule has 0 unspecified atom stereocenters. The highest BCUT2D eigenvalue weighted by molar-refractivity contribution is 9.11. The van der Waals surface area contributed by atoms with E-state index >= 15 is 0 Å². The Morgan fingerprint density at radius 1 is 1.50 bits per heavy atom. The van der Waals surface area contributed by atoms with Crippen LogP contribution in [-0.2, 0) is 6.54 Å². The number of aromatic nitrogens is 1. The van der Waals surface area contributed by atoms with Crippen LogP contribution in [0.4, 0.5) is 0 Å². The van der Waals surface area contributed by atoms with Crippen LogP contribution < -0.4 is 5.73 Å². The lowest BCUT2D eigenvalue weighted by Crippen LogP contribution is -1.97. The number of hydrogen-bond donors (Lipinski definition) is 1. The summed E-state index contributed by atoms with van der Waals surface area (Å²) in [5.74, 6) is 0. The average Bonchev–Trinajstić information content (AvgIpc) is 1.94. The monoisotopic (exact) mass is 264 g/mol. The molecule has 4 heteroatoms. The molecule has 0 saturated carbocycles. The first kappa shape index (κ1) is 8.17. The fourth-order valence-corrected chi connectivity index (χ4v) is 1.37. The number of rotatable bonds is 1. The van der Waals surface area contributed by atoms with Crippen molar-refractivity contribution in [1.29, 1.82) is 0 Å². The van der Waals surface area contributed by atoms with Crippen molar-refractivity contribution in [2.45, 2.75) is 6.54 Å². The van der Waals surface area contributed by atoms with Gasteiger partial charge in [0.05, 0.1) is 0 Å². The maximum absolute atomic E-state index is 5.44. The zero-order chi connectivity index (χ0) is 7.56. The average molecular weight is 266 g/mol. The van der Waals surface area contributed by atoms with E-state index in [1.807, 2.05) is 6.07 Å². The summed E-state index contributed by atoms with van der Waals surface area (Å²) in [5, 5.41) is 0. The molecule has 0 aliphatic carbocycles. The van der Waals surface area contributed by atoms with Crippen molar-refractivity contribution in [3.63, 3.8) is 0 Å². The molecule has 0 radical (unpaired) electrons. The van der Waals surface area contributed by atoms with E-state index in [-0.39, 0.29) is 0 Å². The third kappa shape index (κ3) is 1.78. The minimum Gasteiger partial charge on any atom is -0.326 e. The second kappa shape index (κ2) is 3.46. The SMILES string of the molecule is NCc1cc(Br)ncc1Br. The molecule has 0 atom stereocenters. The second-order valence-corrected chi connectivity index (χ2v) is 3.47. The molecule has 0 aliphatic rings. The molecule has 10 heavy (non-hydrogen) atoms. The fourth-order valence-electron chi connectivity index (χ4n) is 0.608. The van der Waals surface area contributed by atoms with Crippen molar-refractivity contribution in [2.24, 2.45) is 5.73 Å². The smallest absolute Gasteiger partial charge is 0.106 e. The van der Waals surface area contributed by atoms with Crippen LogP contribution in [0.15, 0.2) is 21.3 Å². The number of nitrogens with zero attached hydrogens (tertiary/aromatic N) is 1. The molecule has 1 aromatic rings. The predicted octanol–water partition coefficient (Wildman–Crippen LogP) is 2.07. The Hall–Kier alpha value is 0.0700. The van der Waals surface area contributed by atoms with Gasteiger partial charge in [-0.2, -0.15) is 0 Å². The molecule has 0 fully saturated rings. The standard InChI is InChI=1S/C6H6Br2N2/c7-5-3-10-6(8)1-4(5)2-9/h1,3H,2,9H2. The van der Waals surface area contributed by atoms with Crippen molar-refractivity contribution in [3.05, 3.63) is 26.9 Å². The van der Waals surface area contributed by atoms with Crippen LogP contribution in [0.3, 0.4) is 0 Å². The van der Waals surface area contributed by atoms with Crippen molar-refractivity contribution in [1.82, 2.24) is 4.98 Å². The summed E-state index contributed by atoms with van der Waals surface area (Å²) < 4.78 is 1.77. The zero-order valence-electron chi connectivity index (χ0n) is 5.14. The first-order valence-electron chi connectivity index (χ1n) is 2.74. The highest BCUT2D eigenvalue weighted by Crippen LogP contribution is 2.17. The van der Waals surface area contributed by atoms with Gasteiger partial charge in [-0.05, 0) is 43.5 Å². The summed E-state index contributed by atoms with van der Waals surface area (Å²) in [5.41, 5.74) is 6.50. The van der Waals surface area contributed by atoms with E-state index in [0.717, 1.165) is 14.6 Å². The number of nitrogens with two attached hydrogens (primary N) is 1. The number of halogens is 2. The van der Waals surface area contributed by atoms with Crippen molar-refractivity contribution < 1.29 is 0 Å². The Kier molecular flexibility index (Phi) is 2.82. The van der Waals surface area contributed by atoms with Crippen LogP contribution in [0.5, 0.6) is 0 Å². The van der Waals surface area contributed by atoms with E-state index in [1.54, 1.807) is 6.20 Å². The molecule has 0 amide bonds. The molecule has 0 saturated heterocycles. The molecule has 1 heterocycles. The van der Waals surface area contributed by atoms with Crippen LogP contribution in [0.25, 0.3) is 0 Å². The Balaban J connectivity index is 3.09. The molecule has 2 N–H and O–H groups in total. The highest BCUT2D eigenvalue weighted by Gasteiger charge is 1.97. The van der Waals surface area contributed by atoms with Gasteiger partial charge in [0.2, 0.25) is 0 Å². The summed E-state index contributed by atoms with van der Waals surface area (Å²) in [7, 11) is 0. The maximum Gasteiger partial charge on any atom is 0.106 e. The molecule has 0 aliphatic heterocycles. The number of pyridine rings is 1. The zero-order valence-corrected chi connectivity index (χ0v) is 8.31. The van der Waals surface area contributed by atoms with Crippen molar-refractivity contribution in [2.75, 3.05) is 0 Å². The molecular weight excluding hydrogens is 260 g/mol. The third-order valence-electron chi connectivity index (χ3n) is 1.12. The molecular formula is C6H6Br2N2.